The van der Waals surface area contributed by atoms with Crippen LogP contribution in [-0.2, 0) is 10.0 Å². The van der Waals surface area contributed by atoms with Crippen molar-refractivity contribution in [3.63, 3.8) is 0 Å². The number of halogens is 3. The topological polar surface area (TPSA) is 99.4 Å². The molecule has 2 N–H and O–H groups in total. The first kappa shape index (κ1) is 21.4. The molecule has 0 heterocycles. The zero-order chi connectivity index (χ0) is 20.0. The van der Waals surface area contributed by atoms with Crippen LogP contribution in [0.5, 0.6) is 5.75 Å². The Morgan fingerprint density at radius 2 is 2.00 bits per heavy atom. The molecule has 2 aromatic rings. The van der Waals surface area contributed by atoms with E-state index in [9.17, 15) is 17.9 Å². The van der Waals surface area contributed by atoms with Crippen LogP contribution >= 0.6 is 23.2 Å². The quantitative estimate of drug-likeness (QED) is 0.667. The number of nitrogens with one attached hydrogen (secondary N) is 1. The number of sulfonamides is 1. The van der Waals surface area contributed by atoms with Gasteiger partial charge in [0.05, 0.1) is 16.7 Å². The molecule has 144 valence electrons. The van der Waals surface area contributed by atoms with Crippen LogP contribution in [0.3, 0.4) is 0 Å². The second-order valence-electron chi connectivity index (χ2n) is 5.48. The average molecular weight is 433 g/mol. The molecule has 0 spiro atoms. The van der Waals surface area contributed by atoms with Crippen LogP contribution in [0, 0.1) is 17.1 Å². The van der Waals surface area contributed by atoms with Gasteiger partial charge in [-0.15, -0.1) is 0 Å². The van der Waals surface area contributed by atoms with Crippen LogP contribution in [0.25, 0.3) is 0 Å². The maximum atomic E-state index is 13.5. The van der Waals surface area contributed by atoms with Crippen molar-refractivity contribution >= 4 is 33.2 Å². The van der Waals surface area contributed by atoms with Crippen molar-refractivity contribution in [3.8, 4) is 11.8 Å². The molecule has 10 heteroatoms. The Morgan fingerprint density at radius 1 is 1.26 bits per heavy atom. The number of aliphatic hydroxyl groups is 1. The third-order valence-electron chi connectivity index (χ3n) is 3.46. The lowest BCUT2D eigenvalue weighted by Crippen LogP contribution is -2.29. The van der Waals surface area contributed by atoms with E-state index >= 15 is 0 Å². The SMILES string of the molecule is N#Cc1ccc(OCC(O)CCNS(=O)(=O)c2ccc(Cl)cc2Cl)cc1F. The lowest BCUT2D eigenvalue weighted by atomic mass is 10.2. The van der Waals surface area contributed by atoms with E-state index in [1.807, 2.05) is 0 Å². The number of benzene rings is 2. The van der Waals surface area contributed by atoms with E-state index in [2.05, 4.69) is 4.72 Å². The van der Waals surface area contributed by atoms with E-state index in [0.717, 1.165) is 6.07 Å². The van der Waals surface area contributed by atoms with Crippen molar-refractivity contribution in [3.05, 3.63) is 57.8 Å². The lowest BCUT2D eigenvalue weighted by molar-refractivity contribution is 0.101. The van der Waals surface area contributed by atoms with Gasteiger partial charge in [-0.2, -0.15) is 5.26 Å². The Bertz CT molecular complexity index is 964. The van der Waals surface area contributed by atoms with Crippen LogP contribution in [0.2, 0.25) is 10.0 Å². The first-order valence-electron chi connectivity index (χ1n) is 7.68. The highest BCUT2D eigenvalue weighted by Gasteiger charge is 2.18. The van der Waals surface area contributed by atoms with Gasteiger partial charge >= 0.3 is 0 Å². The van der Waals surface area contributed by atoms with Crippen LogP contribution in [-0.4, -0.2) is 32.8 Å². The van der Waals surface area contributed by atoms with Gasteiger partial charge in [-0.1, -0.05) is 23.2 Å². The Hall–Kier alpha value is -1.89. The second-order valence-corrected chi connectivity index (χ2v) is 8.06. The van der Waals surface area contributed by atoms with Crippen LogP contribution in [0.15, 0.2) is 41.3 Å². The van der Waals surface area contributed by atoms with Crippen LogP contribution in [0.4, 0.5) is 4.39 Å². The fraction of sp³-hybridized carbons (Fsp3) is 0.235. The molecular weight excluding hydrogens is 418 g/mol. The van der Waals surface area contributed by atoms with Gasteiger partial charge in [0, 0.05) is 17.6 Å². The molecule has 0 fully saturated rings. The summed E-state index contributed by atoms with van der Waals surface area (Å²) in [5, 5.41) is 18.8. The number of hydrogen-bond donors (Lipinski definition) is 2. The molecule has 0 aliphatic rings. The minimum absolute atomic E-state index is 0.0123. The maximum absolute atomic E-state index is 13.5. The van der Waals surface area contributed by atoms with Gasteiger partial charge in [0.25, 0.3) is 0 Å². The summed E-state index contributed by atoms with van der Waals surface area (Å²) in [7, 11) is -3.86. The molecule has 0 amide bonds. The monoisotopic (exact) mass is 432 g/mol. The molecule has 2 aromatic carbocycles. The van der Waals surface area contributed by atoms with Crippen molar-refractivity contribution in [1.82, 2.24) is 4.72 Å². The van der Waals surface area contributed by atoms with E-state index in [1.165, 1.54) is 30.3 Å². The molecule has 1 atom stereocenters. The van der Waals surface area contributed by atoms with Gasteiger partial charge in [0.2, 0.25) is 10.0 Å². The standard InChI is InChI=1S/C17H15Cl2FN2O4S/c18-12-2-4-17(15(19)7-12)27(24,25)22-6-5-13(23)10-26-14-3-1-11(9-21)16(20)8-14/h1-4,7-8,13,22-23H,5-6,10H2. The highest BCUT2D eigenvalue weighted by molar-refractivity contribution is 7.89. The van der Waals surface area contributed by atoms with Crippen molar-refractivity contribution in [2.75, 3.05) is 13.2 Å². The summed E-state index contributed by atoms with van der Waals surface area (Å²) in [6.45, 7) is -0.234. The average Bonchev–Trinajstić information content (AvgIpc) is 2.59. The molecule has 0 aromatic heterocycles. The summed E-state index contributed by atoms with van der Waals surface area (Å²) in [6.07, 6.45) is -0.935. The molecule has 0 bridgehead atoms. The van der Waals surface area contributed by atoms with E-state index < -0.39 is 21.9 Å². The molecule has 2 rings (SSSR count). The number of rotatable bonds is 8. The molecule has 0 radical (unpaired) electrons. The van der Waals surface area contributed by atoms with Crippen molar-refractivity contribution < 1.29 is 22.7 Å². The minimum atomic E-state index is -3.86. The zero-order valence-corrected chi connectivity index (χ0v) is 16.2. The molecule has 0 saturated heterocycles. The van der Waals surface area contributed by atoms with Crippen LogP contribution in [0.1, 0.15) is 12.0 Å². The van der Waals surface area contributed by atoms with E-state index in [1.54, 1.807) is 6.07 Å². The number of ether oxygens (including phenoxy) is 1. The molecular formula is C17H15Cl2FN2O4S. The number of aliphatic hydroxyl groups excluding tert-OH is 1. The Kier molecular flexibility index (Phi) is 7.41. The molecule has 27 heavy (non-hydrogen) atoms. The summed E-state index contributed by atoms with van der Waals surface area (Å²) in [6, 6.07) is 9.40. The Balaban J connectivity index is 1.84. The first-order valence-corrected chi connectivity index (χ1v) is 9.92. The van der Waals surface area contributed by atoms with Gasteiger partial charge in [-0.05, 0) is 36.8 Å². The van der Waals surface area contributed by atoms with Gasteiger partial charge in [-0.3, -0.25) is 0 Å². The summed E-state index contributed by atoms with van der Waals surface area (Å²) >= 11 is 11.6. The minimum Gasteiger partial charge on any atom is -0.491 e. The summed E-state index contributed by atoms with van der Waals surface area (Å²) in [4.78, 5) is -0.118. The van der Waals surface area contributed by atoms with Crippen LogP contribution < -0.4 is 9.46 Å². The third kappa shape index (κ3) is 6.06. The summed E-state index contributed by atoms with van der Waals surface area (Å²) in [5.74, 6) is -0.573. The van der Waals surface area contributed by atoms with Gasteiger partial charge < -0.3 is 9.84 Å². The van der Waals surface area contributed by atoms with E-state index in [-0.39, 0.29) is 40.8 Å². The molecule has 0 aliphatic heterocycles. The summed E-state index contributed by atoms with van der Waals surface area (Å²) < 4.78 is 45.4. The molecule has 0 aliphatic carbocycles. The highest BCUT2D eigenvalue weighted by Crippen LogP contribution is 2.24. The highest BCUT2D eigenvalue weighted by atomic mass is 35.5. The predicted octanol–water partition coefficient (Wildman–Crippen LogP) is 3.11. The maximum Gasteiger partial charge on any atom is 0.242 e. The predicted molar refractivity (Wildman–Crippen MR) is 98.9 cm³/mol. The normalized spacial score (nSPS) is 12.4. The third-order valence-corrected chi connectivity index (χ3v) is 5.64. The van der Waals surface area contributed by atoms with Gasteiger partial charge in [-0.25, -0.2) is 17.5 Å². The Morgan fingerprint density at radius 3 is 2.63 bits per heavy atom. The number of nitriles is 1. The van der Waals surface area contributed by atoms with E-state index in [4.69, 9.17) is 33.2 Å². The lowest BCUT2D eigenvalue weighted by Gasteiger charge is -2.13. The molecule has 6 nitrogen and oxygen atoms in total. The second kappa shape index (κ2) is 9.35. The smallest absolute Gasteiger partial charge is 0.242 e. The van der Waals surface area contributed by atoms with E-state index in [0.29, 0.717) is 5.02 Å². The number of nitrogens with zero attached hydrogens (tertiary/aromatic N) is 1. The fourth-order valence-corrected chi connectivity index (χ4v) is 3.90. The molecule has 1 unspecified atom stereocenters. The van der Waals surface area contributed by atoms with Crippen molar-refractivity contribution in [1.29, 1.82) is 5.26 Å². The van der Waals surface area contributed by atoms with Crippen molar-refractivity contribution in [2.45, 2.75) is 17.4 Å². The van der Waals surface area contributed by atoms with Gasteiger partial charge in [0.15, 0.2) is 0 Å². The number of hydrogen-bond acceptors (Lipinski definition) is 5. The first-order chi connectivity index (χ1) is 12.7. The summed E-state index contributed by atoms with van der Waals surface area (Å²) in [5.41, 5.74) is -0.113. The Labute approximate surface area is 166 Å². The molecule has 0 saturated carbocycles. The largest absolute Gasteiger partial charge is 0.491 e. The van der Waals surface area contributed by atoms with Gasteiger partial charge in [0.1, 0.15) is 29.1 Å². The van der Waals surface area contributed by atoms with Crippen molar-refractivity contribution in [2.24, 2.45) is 0 Å². The fourth-order valence-electron chi connectivity index (χ4n) is 2.08. The zero-order valence-electron chi connectivity index (χ0n) is 13.8.